The van der Waals surface area contributed by atoms with E-state index in [4.69, 9.17) is 9.47 Å². The third kappa shape index (κ3) is 5.43. The first-order chi connectivity index (χ1) is 13.2. The van der Waals surface area contributed by atoms with Crippen molar-refractivity contribution in [3.8, 4) is 5.75 Å². The second kappa shape index (κ2) is 9.71. The Balaban J connectivity index is 1.39. The second-order valence-electron chi connectivity index (χ2n) is 7.19. The average molecular weight is 375 g/mol. The first-order valence-corrected chi connectivity index (χ1v) is 9.71. The number of ether oxygens (including phenoxy) is 2. The number of anilines is 1. The largest absolute Gasteiger partial charge is 0.495 e. The van der Waals surface area contributed by atoms with Crippen molar-refractivity contribution in [3.05, 3.63) is 24.3 Å². The maximum Gasteiger partial charge on any atom is 0.313 e. The molecule has 1 aromatic carbocycles. The molecule has 3 rings (SSSR count). The number of hydrogen-bond donors (Lipinski definition) is 2. The molecule has 0 radical (unpaired) electrons. The number of amides is 2. The van der Waals surface area contributed by atoms with Gasteiger partial charge in [-0.1, -0.05) is 12.1 Å². The van der Waals surface area contributed by atoms with Gasteiger partial charge < -0.3 is 25.0 Å². The molecule has 1 aromatic rings. The molecule has 2 N–H and O–H groups in total. The fraction of sp³-hybridized carbons (Fsp3) is 0.600. The van der Waals surface area contributed by atoms with Crippen LogP contribution in [0.25, 0.3) is 0 Å². The van der Waals surface area contributed by atoms with E-state index in [1.807, 2.05) is 0 Å². The van der Waals surface area contributed by atoms with E-state index in [0.29, 0.717) is 29.9 Å². The number of methoxy groups -OCH3 is 1. The van der Waals surface area contributed by atoms with Crippen LogP contribution in [-0.2, 0) is 14.3 Å². The number of hydrogen-bond acceptors (Lipinski definition) is 5. The molecule has 0 unspecified atom stereocenters. The van der Waals surface area contributed by atoms with Gasteiger partial charge in [-0.05, 0) is 56.8 Å². The highest BCUT2D eigenvalue weighted by atomic mass is 16.5. The lowest BCUT2D eigenvalue weighted by Gasteiger charge is -2.39. The Morgan fingerprint density at radius 2 is 1.81 bits per heavy atom. The molecule has 7 nitrogen and oxygen atoms in total. The summed E-state index contributed by atoms with van der Waals surface area (Å²) in [6, 6.07) is 7.67. The number of piperidine rings is 1. The van der Waals surface area contributed by atoms with Crippen molar-refractivity contribution < 1.29 is 19.1 Å². The zero-order valence-corrected chi connectivity index (χ0v) is 15.9. The normalized spacial score (nSPS) is 19.4. The van der Waals surface area contributed by atoms with E-state index in [9.17, 15) is 9.59 Å². The van der Waals surface area contributed by atoms with Crippen molar-refractivity contribution in [1.82, 2.24) is 10.2 Å². The Kier molecular flexibility index (Phi) is 7.06. The minimum absolute atomic E-state index is 0.420. The maximum absolute atomic E-state index is 12.1. The zero-order chi connectivity index (χ0) is 19.1. The van der Waals surface area contributed by atoms with Gasteiger partial charge in [0.15, 0.2) is 0 Å². The van der Waals surface area contributed by atoms with Gasteiger partial charge in [0.05, 0.1) is 12.8 Å². The molecule has 2 heterocycles. The molecule has 27 heavy (non-hydrogen) atoms. The van der Waals surface area contributed by atoms with E-state index in [1.54, 1.807) is 24.3 Å². The lowest BCUT2D eigenvalue weighted by atomic mass is 9.94. The number of carbonyl (C=O) groups excluding carboxylic acids is 2. The molecule has 0 spiro atoms. The van der Waals surface area contributed by atoms with Crippen molar-refractivity contribution >= 4 is 17.5 Å². The van der Waals surface area contributed by atoms with Gasteiger partial charge in [-0.15, -0.1) is 0 Å². The predicted octanol–water partition coefficient (Wildman–Crippen LogP) is 1.64. The topological polar surface area (TPSA) is 79.9 Å². The summed E-state index contributed by atoms with van der Waals surface area (Å²) in [4.78, 5) is 26.8. The first-order valence-electron chi connectivity index (χ1n) is 9.71. The predicted molar refractivity (Wildman–Crippen MR) is 103 cm³/mol. The van der Waals surface area contributed by atoms with Crippen LogP contribution >= 0.6 is 0 Å². The molecule has 0 atom stereocenters. The first kappa shape index (κ1) is 19.6. The summed E-state index contributed by atoms with van der Waals surface area (Å²) in [7, 11) is 1.53. The Labute approximate surface area is 160 Å². The number of para-hydroxylation sites is 2. The van der Waals surface area contributed by atoms with Crippen LogP contribution in [0.3, 0.4) is 0 Å². The zero-order valence-electron chi connectivity index (χ0n) is 15.9. The SMILES string of the molecule is COc1ccccc1NC(=O)C(=O)NCC1CCN(C2CCOCC2)CC1. The highest BCUT2D eigenvalue weighted by molar-refractivity contribution is 6.39. The van der Waals surface area contributed by atoms with Crippen molar-refractivity contribution in [2.75, 3.05) is 45.3 Å². The summed E-state index contributed by atoms with van der Waals surface area (Å²) in [5, 5.41) is 5.38. The average Bonchev–Trinajstić information content (AvgIpc) is 2.73. The molecule has 2 amide bonds. The van der Waals surface area contributed by atoms with Crippen LogP contribution in [0.5, 0.6) is 5.75 Å². The maximum atomic E-state index is 12.1. The van der Waals surface area contributed by atoms with Crippen molar-refractivity contribution in [2.24, 2.45) is 5.92 Å². The number of likely N-dealkylation sites (tertiary alicyclic amines) is 1. The Morgan fingerprint density at radius 3 is 2.52 bits per heavy atom. The Bertz CT molecular complexity index is 638. The summed E-state index contributed by atoms with van der Waals surface area (Å²) in [6.45, 7) is 4.38. The molecule has 0 bridgehead atoms. The van der Waals surface area contributed by atoms with Crippen LogP contribution in [0.2, 0.25) is 0 Å². The molecular formula is C20H29N3O4. The van der Waals surface area contributed by atoms with E-state index in [0.717, 1.165) is 52.0 Å². The summed E-state index contributed by atoms with van der Waals surface area (Å²) < 4.78 is 10.6. The number of benzene rings is 1. The second-order valence-corrected chi connectivity index (χ2v) is 7.19. The third-order valence-electron chi connectivity index (χ3n) is 5.47. The number of carbonyl (C=O) groups is 2. The van der Waals surface area contributed by atoms with Gasteiger partial charge in [0, 0.05) is 25.8 Å². The minimum atomic E-state index is -0.667. The molecule has 2 aliphatic rings. The van der Waals surface area contributed by atoms with Gasteiger partial charge in [-0.25, -0.2) is 0 Å². The number of nitrogens with one attached hydrogen (secondary N) is 2. The molecule has 0 aliphatic carbocycles. The Morgan fingerprint density at radius 1 is 1.11 bits per heavy atom. The molecule has 148 valence electrons. The molecule has 0 aromatic heterocycles. The molecule has 2 fully saturated rings. The number of rotatable bonds is 5. The van der Waals surface area contributed by atoms with E-state index in [1.165, 1.54) is 7.11 Å². The molecule has 2 aliphatic heterocycles. The summed E-state index contributed by atoms with van der Waals surface area (Å²) in [6.07, 6.45) is 4.33. The van der Waals surface area contributed by atoms with E-state index in [-0.39, 0.29) is 0 Å². The standard InChI is InChI=1S/C20H29N3O4/c1-26-18-5-3-2-4-17(18)22-20(25)19(24)21-14-15-6-10-23(11-7-15)16-8-12-27-13-9-16/h2-5,15-16H,6-14H2,1H3,(H,21,24)(H,22,25). The number of nitrogens with zero attached hydrogens (tertiary/aromatic N) is 1. The van der Waals surface area contributed by atoms with Crippen molar-refractivity contribution in [3.63, 3.8) is 0 Å². The van der Waals surface area contributed by atoms with Crippen LogP contribution < -0.4 is 15.4 Å². The van der Waals surface area contributed by atoms with Crippen LogP contribution in [0.1, 0.15) is 25.7 Å². The highest BCUT2D eigenvalue weighted by Gasteiger charge is 2.27. The van der Waals surface area contributed by atoms with E-state index < -0.39 is 11.8 Å². The van der Waals surface area contributed by atoms with Crippen molar-refractivity contribution in [1.29, 1.82) is 0 Å². The summed E-state index contributed by atoms with van der Waals surface area (Å²) in [5.41, 5.74) is 0.491. The van der Waals surface area contributed by atoms with Crippen LogP contribution in [0.4, 0.5) is 5.69 Å². The quantitative estimate of drug-likeness (QED) is 0.765. The molecule has 2 saturated heterocycles. The van der Waals surface area contributed by atoms with Crippen LogP contribution in [-0.4, -0.2) is 62.7 Å². The van der Waals surface area contributed by atoms with Gasteiger partial charge in [0.25, 0.3) is 0 Å². The lowest BCUT2D eigenvalue weighted by molar-refractivity contribution is -0.136. The fourth-order valence-electron chi connectivity index (χ4n) is 3.82. The molecule has 7 heteroatoms. The van der Waals surface area contributed by atoms with E-state index in [2.05, 4.69) is 15.5 Å². The van der Waals surface area contributed by atoms with Crippen LogP contribution in [0, 0.1) is 5.92 Å². The van der Waals surface area contributed by atoms with Gasteiger partial charge in [-0.2, -0.15) is 0 Å². The molecule has 0 saturated carbocycles. The molecular weight excluding hydrogens is 346 g/mol. The van der Waals surface area contributed by atoms with Gasteiger partial charge in [0.2, 0.25) is 0 Å². The summed E-state index contributed by atoms with van der Waals surface area (Å²) in [5.74, 6) is -0.324. The fourth-order valence-corrected chi connectivity index (χ4v) is 3.82. The van der Waals surface area contributed by atoms with Gasteiger partial charge in [-0.3, -0.25) is 9.59 Å². The lowest BCUT2D eigenvalue weighted by Crippen LogP contribution is -2.46. The van der Waals surface area contributed by atoms with E-state index >= 15 is 0 Å². The summed E-state index contributed by atoms with van der Waals surface area (Å²) >= 11 is 0. The highest BCUT2D eigenvalue weighted by Crippen LogP contribution is 2.24. The Hall–Kier alpha value is -2.12. The smallest absolute Gasteiger partial charge is 0.313 e. The van der Waals surface area contributed by atoms with Crippen molar-refractivity contribution in [2.45, 2.75) is 31.7 Å². The van der Waals surface area contributed by atoms with Crippen LogP contribution in [0.15, 0.2) is 24.3 Å². The van der Waals surface area contributed by atoms with Gasteiger partial charge >= 0.3 is 11.8 Å². The van der Waals surface area contributed by atoms with Gasteiger partial charge in [0.1, 0.15) is 5.75 Å². The minimum Gasteiger partial charge on any atom is -0.495 e. The third-order valence-corrected chi connectivity index (χ3v) is 5.47. The monoisotopic (exact) mass is 375 g/mol.